The van der Waals surface area contributed by atoms with E-state index in [2.05, 4.69) is 35.6 Å². The number of carbonyl (C=O) groups excluding carboxylic acids is 1. The van der Waals surface area contributed by atoms with Gasteiger partial charge in [0.2, 0.25) is 5.91 Å². The first-order valence-electron chi connectivity index (χ1n) is 6.79. The second-order valence-electron chi connectivity index (χ2n) is 5.77. The number of hydrogen-bond acceptors (Lipinski definition) is 2. The molecule has 2 aliphatic rings. The lowest BCUT2D eigenvalue weighted by Gasteiger charge is -2.39. The van der Waals surface area contributed by atoms with Crippen molar-refractivity contribution in [3.8, 4) is 0 Å². The maximum Gasteiger partial charge on any atom is 0.221 e. The van der Waals surface area contributed by atoms with Crippen LogP contribution in [0.15, 0.2) is 30.3 Å². The Kier molecular flexibility index (Phi) is 2.86. The lowest BCUT2D eigenvalue weighted by atomic mass is 9.67. The van der Waals surface area contributed by atoms with Crippen LogP contribution in [0.25, 0.3) is 0 Å². The van der Waals surface area contributed by atoms with Crippen LogP contribution in [0.2, 0.25) is 0 Å². The second kappa shape index (κ2) is 4.39. The summed E-state index contributed by atoms with van der Waals surface area (Å²) >= 11 is 0. The van der Waals surface area contributed by atoms with Gasteiger partial charge in [-0.1, -0.05) is 30.3 Å². The van der Waals surface area contributed by atoms with E-state index in [4.69, 9.17) is 5.73 Å². The third-order valence-corrected chi connectivity index (χ3v) is 4.74. The molecule has 18 heavy (non-hydrogen) atoms. The number of nitrogens with one attached hydrogen (secondary N) is 1. The zero-order valence-electron chi connectivity index (χ0n) is 10.6. The van der Waals surface area contributed by atoms with E-state index < -0.39 is 0 Å². The van der Waals surface area contributed by atoms with Crippen LogP contribution in [0.1, 0.15) is 43.6 Å². The van der Waals surface area contributed by atoms with E-state index in [0.717, 1.165) is 25.7 Å². The van der Waals surface area contributed by atoms with Gasteiger partial charge in [0, 0.05) is 11.8 Å². The van der Waals surface area contributed by atoms with Gasteiger partial charge in [0.25, 0.3) is 0 Å². The fourth-order valence-corrected chi connectivity index (χ4v) is 3.55. The van der Waals surface area contributed by atoms with Crippen molar-refractivity contribution in [3.63, 3.8) is 0 Å². The zero-order chi connectivity index (χ0) is 12.6. The van der Waals surface area contributed by atoms with Crippen molar-refractivity contribution in [2.24, 2.45) is 11.1 Å². The molecule has 1 aromatic carbocycles. The first-order chi connectivity index (χ1) is 8.70. The summed E-state index contributed by atoms with van der Waals surface area (Å²) in [6.45, 7) is 0. The monoisotopic (exact) mass is 244 g/mol. The molecule has 1 amide bonds. The van der Waals surface area contributed by atoms with Gasteiger partial charge < -0.3 is 11.1 Å². The molecule has 1 atom stereocenters. The van der Waals surface area contributed by atoms with E-state index in [1.807, 2.05) is 0 Å². The van der Waals surface area contributed by atoms with Crippen molar-refractivity contribution in [3.05, 3.63) is 35.9 Å². The summed E-state index contributed by atoms with van der Waals surface area (Å²) in [5.74, 6) is 0.764. The third kappa shape index (κ3) is 1.93. The molecule has 3 heteroatoms. The molecule has 0 aromatic heterocycles. The molecule has 0 radical (unpaired) electrons. The molecule has 96 valence electrons. The summed E-state index contributed by atoms with van der Waals surface area (Å²) < 4.78 is 0. The molecule has 0 bridgehead atoms. The normalized spacial score (nSPS) is 35.7. The van der Waals surface area contributed by atoms with Crippen LogP contribution in [0.3, 0.4) is 0 Å². The molecule has 1 saturated heterocycles. The predicted octanol–water partition coefficient (Wildman–Crippen LogP) is 2.14. The van der Waals surface area contributed by atoms with Gasteiger partial charge in [0.1, 0.15) is 0 Å². The highest BCUT2D eigenvalue weighted by molar-refractivity contribution is 5.79. The average molecular weight is 244 g/mol. The molecular weight excluding hydrogens is 224 g/mol. The molecule has 2 fully saturated rings. The van der Waals surface area contributed by atoms with Gasteiger partial charge in [-0.2, -0.15) is 0 Å². The fourth-order valence-electron chi connectivity index (χ4n) is 3.55. The Balaban J connectivity index is 1.70. The van der Waals surface area contributed by atoms with Gasteiger partial charge in [0.15, 0.2) is 0 Å². The van der Waals surface area contributed by atoms with Crippen molar-refractivity contribution in [1.29, 1.82) is 0 Å². The quantitative estimate of drug-likeness (QED) is 0.795. The van der Waals surface area contributed by atoms with Crippen molar-refractivity contribution in [2.45, 2.75) is 44.2 Å². The topological polar surface area (TPSA) is 55.1 Å². The van der Waals surface area contributed by atoms with E-state index in [1.165, 1.54) is 5.56 Å². The average Bonchev–Trinajstić information content (AvgIpc) is 2.66. The highest BCUT2D eigenvalue weighted by Gasteiger charge is 2.46. The van der Waals surface area contributed by atoms with E-state index >= 15 is 0 Å². The lowest BCUT2D eigenvalue weighted by molar-refractivity contribution is -0.119. The summed E-state index contributed by atoms with van der Waals surface area (Å²) in [6.07, 6.45) is 4.90. The predicted molar refractivity (Wildman–Crippen MR) is 70.8 cm³/mol. The molecule has 1 heterocycles. The Labute approximate surface area is 108 Å². The van der Waals surface area contributed by atoms with Crippen LogP contribution in [0.5, 0.6) is 0 Å². The summed E-state index contributed by atoms with van der Waals surface area (Å²) in [6, 6.07) is 10.7. The molecule has 3 rings (SSSR count). The Hall–Kier alpha value is -1.35. The van der Waals surface area contributed by atoms with Crippen LogP contribution in [0, 0.1) is 5.41 Å². The van der Waals surface area contributed by atoms with Crippen LogP contribution >= 0.6 is 0 Å². The van der Waals surface area contributed by atoms with Crippen LogP contribution in [-0.4, -0.2) is 12.1 Å². The Morgan fingerprint density at radius 1 is 1.17 bits per heavy atom. The number of hydrogen-bond donors (Lipinski definition) is 2. The number of nitrogens with two attached hydrogens (primary N) is 1. The number of rotatable bonds is 1. The highest BCUT2D eigenvalue weighted by Crippen LogP contribution is 2.48. The minimum atomic E-state index is -0.137. The Bertz CT molecular complexity index is 435. The van der Waals surface area contributed by atoms with E-state index in [-0.39, 0.29) is 17.5 Å². The van der Waals surface area contributed by atoms with Crippen molar-refractivity contribution < 1.29 is 4.79 Å². The zero-order valence-corrected chi connectivity index (χ0v) is 10.6. The smallest absolute Gasteiger partial charge is 0.221 e. The van der Waals surface area contributed by atoms with E-state index in [9.17, 15) is 4.79 Å². The van der Waals surface area contributed by atoms with Crippen molar-refractivity contribution in [2.75, 3.05) is 0 Å². The number of benzene rings is 1. The van der Waals surface area contributed by atoms with Gasteiger partial charge >= 0.3 is 0 Å². The maximum absolute atomic E-state index is 11.5. The van der Waals surface area contributed by atoms with Crippen molar-refractivity contribution in [1.82, 2.24) is 5.32 Å². The standard InChI is InChI=1S/C15H20N2O/c16-14-15(10-13(18)17-14)8-6-12(7-9-15)11-4-2-1-3-5-11/h1-5,12,14H,6-10,16H2,(H,17,18). The molecule has 1 spiro atoms. The summed E-state index contributed by atoms with van der Waals surface area (Å²) in [5.41, 5.74) is 7.55. The molecule has 1 unspecified atom stereocenters. The molecule has 3 nitrogen and oxygen atoms in total. The highest BCUT2D eigenvalue weighted by atomic mass is 16.2. The van der Waals surface area contributed by atoms with Gasteiger partial charge in [-0.15, -0.1) is 0 Å². The van der Waals surface area contributed by atoms with Gasteiger partial charge in [0.05, 0.1) is 6.17 Å². The Morgan fingerprint density at radius 2 is 1.83 bits per heavy atom. The SMILES string of the molecule is NC1NC(=O)CC12CCC(c1ccccc1)CC2. The van der Waals surface area contributed by atoms with Gasteiger partial charge in [-0.25, -0.2) is 0 Å². The van der Waals surface area contributed by atoms with Gasteiger partial charge in [-0.3, -0.25) is 4.79 Å². The molecule has 1 aliphatic carbocycles. The Morgan fingerprint density at radius 3 is 2.39 bits per heavy atom. The third-order valence-electron chi connectivity index (χ3n) is 4.74. The van der Waals surface area contributed by atoms with Crippen LogP contribution in [-0.2, 0) is 4.79 Å². The number of carbonyl (C=O) groups is 1. The summed E-state index contributed by atoms with van der Waals surface area (Å²) in [5, 5.41) is 2.87. The second-order valence-corrected chi connectivity index (χ2v) is 5.77. The molecule has 3 N–H and O–H groups in total. The minimum absolute atomic E-state index is 0.0301. The summed E-state index contributed by atoms with van der Waals surface area (Å²) in [4.78, 5) is 11.5. The molecule has 1 aromatic rings. The van der Waals surface area contributed by atoms with Gasteiger partial charge in [-0.05, 0) is 37.2 Å². The minimum Gasteiger partial charge on any atom is -0.340 e. The lowest BCUT2D eigenvalue weighted by Crippen LogP contribution is -2.46. The summed E-state index contributed by atoms with van der Waals surface area (Å²) in [7, 11) is 0. The largest absolute Gasteiger partial charge is 0.340 e. The molecule has 1 aliphatic heterocycles. The first kappa shape index (κ1) is 11.7. The van der Waals surface area contributed by atoms with Crippen LogP contribution in [0.4, 0.5) is 0 Å². The first-order valence-corrected chi connectivity index (χ1v) is 6.79. The maximum atomic E-state index is 11.5. The molecular formula is C15H20N2O. The fraction of sp³-hybridized carbons (Fsp3) is 0.533. The van der Waals surface area contributed by atoms with E-state index in [1.54, 1.807) is 0 Å². The van der Waals surface area contributed by atoms with Crippen LogP contribution < -0.4 is 11.1 Å². The van der Waals surface area contributed by atoms with Crippen molar-refractivity contribution >= 4 is 5.91 Å². The van der Waals surface area contributed by atoms with E-state index in [0.29, 0.717) is 12.3 Å². The number of amides is 1. The molecule has 1 saturated carbocycles.